The molecule has 4 rings (SSSR count). The molecule has 2 aliphatic rings. The molecule has 24 heavy (non-hydrogen) atoms. The van der Waals surface area contributed by atoms with Crippen molar-refractivity contribution in [2.45, 2.75) is 18.7 Å². The molecular formula is C18H17N3O2S. The van der Waals surface area contributed by atoms with E-state index in [9.17, 15) is 4.79 Å². The molecule has 1 amide bonds. The first kappa shape index (κ1) is 15.0. The summed E-state index contributed by atoms with van der Waals surface area (Å²) in [5.74, 6) is 0.168. The molecule has 0 saturated carbocycles. The third-order valence-electron chi connectivity index (χ3n) is 4.47. The fourth-order valence-electron chi connectivity index (χ4n) is 3.43. The number of hydrogen-bond acceptors (Lipinski definition) is 3. The Kier molecular flexibility index (Phi) is 3.42. The lowest BCUT2D eigenvalue weighted by Crippen LogP contribution is -2.70. The number of carbonyl (C=O) groups excluding carboxylic acids is 1. The van der Waals surface area contributed by atoms with Gasteiger partial charge in [-0.1, -0.05) is 36.4 Å². The van der Waals surface area contributed by atoms with Crippen molar-refractivity contribution in [3.05, 3.63) is 60.2 Å². The molecule has 0 spiro atoms. The van der Waals surface area contributed by atoms with Gasteiger partial charge in [0.05, 0.1) is 6.04 Å². The molecule has 2 bridgehead atoms. The van der Waals surface area contributed by atoms with Crippen LogP contribution in [0.3, 0.4) is 0 Å². The van der Waals surface area contributed by atoms with Crippen LogP contribution in [0, 0.1) is 5.92 Å². The van der Waals surface area contributed by atoms with Gasteiger partial charge in [0.15, 0.2) is 10.8 Å². The Balaban J connectivity index is 1.72. The van der Waals surface area contributed by atoms with E-state index in [1.807, 2.05) is 61.5 Å². The molecule has 2 heterocycles. The fourth-order valence-corrected chi connectivity index (χ4v) is 3.76. The zero-order valence-electron chi connectivity index (χ0n) is 13.1. The van der Waals surface area contributed by atoms with E-state index in [4.69, 9.17) is 17.0 Å². The van der Waals surface area contributed by atoms with Crippen LogP contribution in [0.2, 0.25) is 0 Å². The van der Waals surface area contributed by atoms with Gasteiger partial charge < -0.3 is 20.7 Å². The molecule has 3 N–H and O–H groups in total. The predicted molar refractivity (Wildman–Crippen MR) is 95.6 cm³/mol. The summed E-state index contributed by atoms with van der Waals surface area (Å²) in [4.78, 5) is 13.0. The van der Waals surface area contributed by atoms with Crippen molar-refractivity contribution in [2.24, 2.45) is 5.92 Å². The average Bonchev–Trinajstić information content (AvgIpc) is 2.54. The molecule has 2 aromatic rings. The van der Waals surface area contributed by atoms with Crippen LogP contribution in [0.25, 0.3) is 0 Å². The van der Waals surface area contributed by atoms with Crippen LogP contribution in [0.1, 0.15) is 18.5 Å². The maximum Gasteiger partial charge on any atom is 0.236 e. The van der Waals surface area contributed by atoms with Crippen molar-refractivity contribution in [2.75, 3.05) is 5.32 Å². The molecular weight excluding hydrogens is 322 g/mol. The Hall–Kier alpha value is -2.60. The minimum Gasteiger partial charge on any atom is -0.467 e. The Morgan fingerprint density at radius 2 is 1.88 bits per heavy atom. The zero-order valence-corrected chi connectivity index (χ0v) is 13.9. The lowest BCUT2D eigenvalue weighted by molar-refractivity contribution is -0.132. The van der Waals surface area contributed by atoms with E-state index >= 15 is 0 Å². The predicted octanol–water partition coefficient (Wildman–Crippen LogP) is 2.57. The second kappa shape index (κ2) is 5.49. The molecule has 5 nitrogen and oxygen atoms in total. The second-order valence-electron chi connectivity index (χ2n) is 6.16. The Labute approximate surface area is 145 Å². The highest BCUT2D eigenvalue weighted by Crippen LogP contribution is 2.44. The van der Waals surface area contributed by atoms with Crippen molar-refractivity contribution < 1.29 is 9.53 Å². The van der Waals surface area contributed by atoms with Crippen LogP contribution < -0.4 is 20.7 Å². The van der Waals surface area contributed by atoms with Crippen molar-refractivity contribution in [3.8, 4) is 5.75 Å². The minimum atomic E-state index is -0.903. The van der Waals surface area contributed by atoms with Crippen molar-refractivity contribution in [1.29, 1.82) is 0 Å². The summed E-state index contributed by atoms with van der Waals surface area (Å²) < 4.78 is 6.13. The molecule has 0 aromatic heterocycles. The summed E-state index contributed by atoms with van der Waals surface area (Å²) in [7, 11) is 0. The Bertz CT molecular complexity index is 811. The number of hydrogen-bond donors (Lipinski definition) is 3. The number of nitrogens with one attached hydrogen (secondary N) is 3. The average molecular weight is 339 g/mol. The number of carbonyl (C=O) groups is 1. The highest BCUT2D eigenvalue weighted by Gasteiger charge is 2.54. The zero-order chi connectivity index (χ0) is 16.7. The summed E-state index contributed by atoms with van der Waals surface area (Å²) in [6.07, 6.45) is 0. The largest absolute Gasteiger partial charge is 0.467 e. The van der Waals surface area contributed by atoms with Gasteiger partial charge in [0, 0.05) is 11.3 Å². The summed E-state index contributed by atoms with van der Waals surface area (Å²) in [5, 5.41) is 9.80. The Morgan fingerprint density at radius 3 is 2.67 bits per heavy atom. The lowest BCUT2D eigenvalue weighted by Gasteiger charge is -2.50. The normalized spacial score (nSPS) is 27.1. The van der Waals surface area contributed by atoms with E-state index in [0.29, 0.717) is 5.11 Å². The van der Waals surface area contributed by atoms with Crippen LogP contribution in [0.15, 0.2) is 54.6 Å². The van der Waals surface area contributed by atoms with E-state index in [2.05, 4.69) is 16.0 Å². The summed E-state index contributed by atoms with van der Waals surface area (Å²) in [5.41, 5.74) is 0.790. The molecule has 6 heteroatoms. The summed E-state index contributed by atoms with van der Waals surface area (Å²) >= 11 is 5.30. The highest BCUT2D eigenvalue weighted by molar-refractivity contribution is 7.80. The number of anilines is 1. The first-order valence-corrected chi connectivity index (χ1v) is 8.20. The van der Waals surface area contributed by atoms with Gasteiger partial charge in [-0.2, -0.15) is 0 Å². The van der Waals surface area contributed by atoms with Crippen LogP contribution in [0.4, 0.5) is 5.69 Å². The third-order valence-corrected chi connectivity index (χ3v) is 4.69. The van der Waals surface area contributed by atoms with E-state index < -0.39 is 11.6 Å². The quantitative estimate of drug-likeness (QED) is 0.734. The third kappa shape index (κ3) is 2.39. The van der Waals surface area contributed by atoms with E-state index in [1.54, 1.807) is 0 Å². The van der Waals surface area contributed by atoms with Crippen molar-refractivity contribution in [1.82, 2.24) is 10.6 Å². The number of ether oxygens (including phenoxy) is 1. The number of benzene rings is 2. The fraction of sp³-hybridized carbons (Fsp3) is 0.222. The molecule has 0 radical (unpaired) electrons. The minimum absolute atomic E-state index is 0.120. The number of rotatable bonds is 2. The molecule has 2 aromatic carbocycles. The maximum absolute atomic E-state index is 13.0. The van der Waals surface area contributed by atoms with Crippen molar-refractivity contribution in [3.63, 3.8) is 0 Å². The molecule has 1 fully saturated rings. The van der Waals surface area contributed by atoms with Gasteiger partial charge in [0.2, 0.25) is 5.91 Å². The van der Waals surface area contributed by atoms with Crippen LogP contribution >= 0.6 is 12.2 Å². The molecule has 3 atom stereocenters. The van der Waals surface area contributed by atoms with Crippen LogP contribution in [-0.4, -0.2) is 16.7 Å². The van der Waals surface area contributed by atoms with Crippen LogP contribution in [0.5, 0.6) is 5.75 Å². The number of fused-ring (bicyclic) bond motifs is 4. The van der Waals surface area contributed by atoms with E-state index in [-0.39, 0.29) is 11.9 Å². The van der Waals surface area contributed by atoms with Gasteiger partial charge in [-0.15, -0.1) is 0 Å². The van der Waals surface area contributed by atoms with Gasteiger partial charge in [-0.25, -0.2) is 0 Å². The lowest BCUT2D eigenvalue weighted by atomic mass is 9.80. The molecule has 0 aliphatic carbocycles. The number of amides is 1. The van der Waals surface area contributed by atoms with Gasteiger partial charge in [-0.3, -0.25) is 4.79 Å². The number of thiocarbonyl (C=S) groups is 1. The number of para-hydroxylation sites is 2. The highest BCUT2D eigenvalue weighted by atomic mass is 32.1. The topological polar surface area (TPSA) is 62.4 Å². The van der Waals surface area contributed by atoms with Gasteiger partial charge >= 0.3 is 0 Å². The van der Waals surface area contributed by atoms with Crippen LogP contribution in [-0.2, 0) is 4.79 Å². The monoisotopic (exact) mass is 339 g/mol. The molecule has 1 saturated heterocycles. The van der Waals surface area contributed by atoms with Gasteiger partial charge in [-0.05, 0) is 37.3 Å². The van der Waals surface area contributed by atoms with E-state index in [0.717, 1.165) is 17.0 Å². The standard InChI is InChI=1S/C18H17N3O2S/c1-18-14(16(22)19-11-7-3-2-4-8-11)15(20-17(24)21-18)12-9-5-6-10-13(12)23-18/h2-10,14-15H,1H3,(H,19,22)(H2,20,21,24)/t14-,15+,18+/m0/s1. The molecule has 0 unspecified atom stereocenters. The summed E-state index contributed by atoms with van der Waals surface area (Å²) in [6, 6.07) is 16.9. The first-order valence-electron chi connectivity index (χ1n) is 7.79. The second-order valence-corrected chi connectivity index (χ2v) is 6.56. The molecule has 2 aliphatic heterocycles. The summed E-state index contributed by atoms with van der Waals surface area (Å²) in [6.45, 7) is 1.86. The molecule has 122 valence electrons. The maximum atomic E-state index is 13.0. The first-order chi connectivity index (χ1) is 11.6. The van der Waals surface area contributed by atoms with Gasteiger partial charge in [0.25, 0.3) is 0 Å². The van der Waals surface area contributed by atoms with Crippen molar-refractivity contribution >= 4 is 28.9 Å². The Morgan fingerprint density at radius 1 is 1.17 bits per heavy atom. The van der Waals surface area contributed by atoms with E-state index in [1.165, 1.54) is 0 Å². The SMILES string of the molecule is C[C@@]12NC(=S)N[C@H](c3ccccc3O1)[C@H]2C(=O)Nc1ccccc1. The van der Waals surface area contributed by atoms with Gasteiger partial charge in [0.1, 0.15) is 11.7 Å². The smallest absolute Gasteiger partial charge is 0.236 e.